The number of aryl methyl sites for hydroxylation is 2. The van der Waals surface area contributed by atoms with Crippen molar-refractivity contribution in [2.45, 2.75) is 33.7 Å². The molecule has 0 bridgehead atoms. The molecule has 2 rings (SSSR count). The van der Waals surface area contributed by atoms with Gasteiger partial charge in [0.15, 0.2) is 12.6 Å². The molecule has 0 aliphatic rings. The van der Waals surface area contributed by atoms with E-state index in [1.54, 1.807) is 17.4 Å². The number of rotatable bonds is 9. The summed E-state index contributed by atoms with van der Waals surface area (Å²) in [6.45, 7) is 8.07. The second-order valence-electron chi connectivity index (χ2n) is 6.02. The minimum absolute atomic E-state index is 0.132. The number of carbonyl (C=O) groups excluding carboxylic acids is 1. The average Bonchev–Trinajstić information content (AvgIpc) is 2.96. The van der Waals surface area contributed by atoms with Crippen LogP contribution in [0.2, 0.25) is 0 Å². The summed E-state index contributed by atoms with van der Waals surface area (Å²) in [6, 6.07) is 7.48. The summed E-state index contributed by atoms with van der Waals surface area (Å²) in [4.78, 5) is 21.3. The monoisotopic (exact) mass is 389 g/mol. The molecule has 0 fully saturated rings. The number of ether oxygens (including phenoxy) is 1. The quantitative estimate of drug-likeness (QED) is 0.449. The first-order chi connectivity index (χ1) is 13.0. The van der Waals surface area contributed by atoms with E-state index in [9.17, 15) is 4.79 Å². The van der Waals surface area contributed by atoms with E-state index in [-0.39, 0.29) is 6.61 Å². The van der Waals surface area contributed by atoms with Crippen molar-refractivity contribution in [1.82, 2.24) is 15.6 Å². The number of nitrogens with two attached hydrogens (primary N) is 1. The van der Waals surface area contributed by atoms with Crippen molar-refractivity contribution in [1.29, 1.82) is 0 Å². The highest BCUT2D eigenvalue weighted by atomic mass is 32.1. The number of carbonyl (C=O) groups is 1. The van der Waals surface area contributed by atoms with Crippen molar-refractivity contribution in [3.63, 3.8) is 0 Å². The Balaban J connectivity index is 1.90. The molecule has 0 saturated heterocycles. The Hall–Kier alpha value is -2.61. The van der Waals surface area contributed by atoms with E-state index >= 15 is 0 Å². The van der Waals surface area contributed by atoms with Crippen LogP contribution in [0.5, 0.6) is 5.75 Å². The van der Waals surface area contributed by atoms with Crippen LogP contribution in [0.15, 0.2) is 29.3 Å². The molecular weight excluding hydrogens is 362 g/mol. The van der Waals surface area contributed by atoms with Gasteiger partial charge in [-0.15, -0.1) is 11.3 Å². The summed E-state index contributed by atoms with van der Waals surface area (Å²) in [5.74, 6) is 0.864. The number of nitrogens with one attached hydrogen (secondary N) is 2. The van der Waals surface area contributed by atoms with E-state index in [2.05, 4.69) is 27.5 Å². The van der Waals surface area contributed by atoms with Gasteiger partial charge >= 0.3 is 0 Å². The number of benzene rings is 1. The van der Waals surface area contributed by atoms with Gasteiger partial charge in [0.25, 0.3) is 5.91 Å². The van der Waals surface area contributed by atoms with Crippen LogP contribution in [0.1, 0.15) is 28.1 Å². The number of aromatic nitrogens is 1. The van der Waals surface area contributed by atoms with Gasteiger partial charge in [-0.1, -0.05) is 12.1 Å². The van der Waals surface area contributed by atoms with Gasteiger partial charge in [0.2, 0.25) is 0 Å². The zero-order chi connectivity index (χ0) is 19.6. The van der Waals surface area contributed by atoms with Crippen molar-refractivity contribution >= 4 is 23.2 Å². The van der Waals surface area contributed by atoms with Crippen LogP contribution in [0, 0.1) is 13.8 Å². The molecule has 0 spiro atoms. The van der Waals surface area contributed by atoms with Crippen molar-refractivity contribution in [2.75, 3.05) is 19.7 Å². The molecule has 2 aromatic rings. The number of hydrogen-bond acceptors (Lipinski definition) is 5. The zero-order valence-electron chi connectivity index (χ0n) is 16.0. The Morgan fingerprint density at radius 1 is 1.33 bits per heavy atom. The molecule has 1 heterocycles. The fourth-order valence-corrected chi connectivity index (χ4v) is 3.27. The predicted octanol–water partition coefficient (Wildman–Crippen LogP) is 1.92. The van der Waals surface area contributed by atoms with Crippen LogP contribution in [-0.4, -0.2) is 36.5 Å². The Bertz CT molecular complexity index is 769. The average molecular weight is 390 g/mol. The first kappa shape index (κ1) is 20.7. The Labute approximate surface area is 164 Å². The summed E-state index contributed by atoms with van der Waals surface area (Å²) in [7, 11) is 0. The van der Waals surface area contributed by atoms with Crippen molar-refractivity contribution < 1.29 is 9.53 Å². The highest BCUT2D eigenvalue weighted by Gasteiger charge is 2.05. The van der Waals surface area contributed by atoms with Crippen LogP contribution in [0.3, 0.4) is 0 Å². The molecule has 146 valence electrons. The molecule has 1 amide bonds. The third-order valence-corrected chi connectivity index (χ3v) is 4.88. The zero-order valence-corrected chi connectivity index (χ0v) is 16.9. The Morgan fingerprint density at radius 2 is 2.15 bits per heavy atom. The molecular formula is C19H27N5O2S. The van der Waals surface area contributed by atoms with E-state index in [0.29, 0.717) is 12.3 Å². The Morgan fingerprint density at radius 3 is 2.81 bits per heavy atom. The largest absolute Gasteiger partial charge is 0.484 e. The third kappa shape index (κ3) is 7.26. The van der Waals surface area contributed by atoms with Gasteiger partial charge in [-0.2, -0.15) is 0 Å². The van der Waals surface area contributed by atoms with Crippen molar-refractivity contribution in [2.24, 2.45) is 10.7 Å². The Kier molecular flexibility index (Phi) is 8.06. The molecule has 0 atom stereocenters. The molecule has 27 heavy (non-hydrogen) atoms. The fourth-order valence-electron chi connectivity index (χ4n) is 2.33. The maximum absolute atomic E-state index is 10.8. The summed E-state index contributed by atoms with van der Waals surface area (Å²) in [5, 5.41) is 7.71. The van der Waals surface area contributed by atoms with Gasteiger partial charge in [0, 0.05) is 24.4 Å². The van der Waals surface area contributed by atoms with Crippen LogP contribution in [0.25, 0.3) is 0 Å². The maximum atomic E-state index is 10.8. The molecule has 0 saturated carbocycles. The molecule has 4 N–H and O–H groups in total. The van der Waals surface area contributed by atoms with Crippen molar-refractivity contribution in [3.05, 3.63) is 45.4 Å². The lowest BCUT2D eigenvalue weighted by atomic mass is 10.2. The lowest BCUT2D eigenvalue weighted by Gasteiger charge is -2.11. The molecule has 7 nitrogen and oxygen atoms in total. The normalized spacial score (nSPS) is 11.3. The summed E-state index contributed by atoms with van der Waals surface area (Å²) < 4.78 is 5.33. The maximum Gasteiger partial charge on any atom is 0.255 e. The standard InChI is InChI=1S/C19H27N5O2S/c1-4-21-19(22-9-8-18-24-13(2)14(3)27-18)23-11-15-6-5-7-16(10-15)26-12-17(20)25/h5-7,10H,4,8-9,11-12H2,1-3H3,(H2,20,25)(H2,21,22,23). The lowest BCUT2D eigenvalue weighted by Crippen LogP contribution is -2.38. The van der Waals surface area contributed by atoms with Gasteiger partial charge in [-0.25, -0.2) is 9.98 Å². The second kappa shape index (κ2) is 10.5. The molecule has 1 aromatic carbocycles. The number of guanidine groups is 1. The number of primary amides is 1. The molecule has 0 aliphatic heterocycles. The molecule has 0 aliphatic carbocycles. The van der Waals surface area contributed by atoms with Gasteiger partial charge < -0.3 is 21.1 Å². The number of nitrogens with zero attached hydrogens (tertiary/aromatic N) is 2. The van der Waals surface area contributed by atoms with E-state index < -0.39 is 5.91 Å². The van der Waals surface area contributed by atoms with E-state index in [1.165, 1.54) is 4.88 Å². The van der Waals surface area contributed by atoms with Gasteiger partial charge in [-0.3, -0.25) is 4.79 Å². The minimum atomic E-state index is -0.498. The molecule has 0 radical (unpaired) electrons. The van der Waals surface area contributed by atoms with Gasteiger partial charge in [-0.05, 0) is 38.5 Å². The van der Waals surface area contributed by atoms with Crippen LogP contribution in [-0.2, 0) is 17.8 Å². The smallest absolute Gasteiger partial charge is 0.255 e. The SMILES string of the molecule is CCNC(=NCc1cccc(OCC(N)=O)c1)NCCc1nc(C)c(C)s1. The van der Waals surface area contributed by atoms with Crippen molar-refractivity contribution in [3.8, 4) is 5.75 Å². The van der Waals surface area contributed by atoms with Crippen LogP contribution >= 0.6 is 11.3 Å². The number of aliphatic imine (C=N–C) groups is 1. The number of amides is 1. The predicted molar refractivity (Wildman–Crippen MR) is 109 cm³/mol. The summed E-state index contributed by atoms with van der Waals surface area (Å²) in [5.41, 5.74) is 7.19. The number of thiazole rings is 1. The fraction of sp³-hybridized carbons (Fsp3) is 0.421. The summed E-state index contributed by atoms with van der Waals surface area (Å²) >= 11 is 1.74. The first-order valence-corrected chi connectivity index (χ1v) is 9.74. The first-order valence-electron chi connectivity index (χ1n) is 8.93. The third-order valence-electron chi connectivity index (χ3n) is 3.75. The van der Waals surface area contributed by atoms with Crippen LogP contribution in [0.4, 0.5) is 0 Å². The molecule has 1 aromatic heterocycles. The highest BCUT2D eigenvalue weighted by molar-refractivity contribution is 7.11. The lowest BCUT2D eigenvalue weighted by molar-refractivity contribution is -0.119. The topological polar surface area (TPSA) is 102 Å². The highest BCUT2D eigenvalue weighted by Crippen LogP contribution is 2.16. The minimum Gasteiger partial charge on any atom is -0.484 e. The van der Waals surface area contributed by atoms with Gasteiger partial charge in [0.05, 0.1) is 17.2 Å². The number of hydrogen-bond donors (Lipinski definition) is 3. The molecule has 0 unspecified atom stereocenters. The van der Waals surface area contributed by atoms with Gasteiger partial charge in [0.1, 0.15) is 5.75 Å². The summed E-state index contributed by atoms with van der Waals surface area (Å²) in [6.07, 6.45) is 0.861. The van der Waals surface area contributed by atoms with E-state index in [4.69, 9.17) is 10.5 Å². The van der Waals surface area contributed by atoms with E-state index in [0.717, 1.165) is 41.7 Å². The molecule has 8 heteroatoms. The van der Waals surface area contributed by atoms with E-state index in [1.807, 2.05) is 32.0 Å². The van der Waals surface area contributed by atoms with Crippen LogP contribution < -0.4 is 21.1 Å². The second-order valence-corrected chi connectivity index (χ2v) is 7.31.